The van der Waals surface area contributed by atoms with Gasteiger partial charge in [0, 0.05) is 0 Å². The van der Waals surface area contributed by atoms with Crippen LogP contribution in [0.3, 0.4) is 0 Å². The summed E-state index contributed by atoms with van der Waals surface area (Å²) >= 11 is 0. The van der Waals surface area contributed by atoms with Crippen LogP contribution in [0, 0.1) is 5.41 Å². The Morgan fingerprint density at radius 2 is 1.67 bits per heavy atom. The average Bonchev–Trinajstić information content (AvgIpc) is 2.15. The van der Waals surface area contributed by atoms with Gasteiger partial charge in [-0.2, -0.15) is 0 Å². The Balaban J connectivity index is 2.66. The number of allylic oxidation sites excluding steroid dienone is 4. The van der Waals surface area contributed by atoms with E-state index in [1.165, 1.54) is 38.5 Å². The fraction of sp³-hybridized carbons (Fsp3) is 0.733. The molecule has 0 heteroatoms. The van der Waals surface area contributed by atoms with Gasteiger partial charge < -0.3 is 0 Å². The molecule has 0 saturated carbocycles. The van der Waals surface area contributed by atoms with Gasteiger partial charge in [0.05, 0.1) is 0 Å². The molecule has 0 atom stereocenters. The van der Waals surface area contributed by atoms with E-state index < -0.39 is 0 Å². The zero-order valence-electron chi connectivity index (χ0n) is 10.9. The second kappa shape index (κ2) is 5.53. The SMILES string of the molecule is CC1=CCC(C)(C)CCCC(C)=CCC1. The van der Waals surface area contributed by atoms with Crippen molar-refractivity contribution in [3.05, 3.63) is 23.3 Å². The molecule has 0 fully saturated rings. The summed E-state index contributed by atoms with van der Waals surface area (Å²) in [5.41, 5.74) is 3.64. The molecule has 0 aromatic carbocycles. The van der Waals surface area contributed by atoms with Crippen LogP contribution in [0.15, 0.2) is 23.3 Å². The first-order valence-electron chi connectivity index (χ1n) is 6.31. The highest BCUT2D eigenvalue weighted by molar-refractivity contribution is 5.05. The topological polar surface area (TPSA) is 0 Å². The Bertz CT molecular complexity index is 253. The fourth-order valence-corrected chi connectivity index (χ4v) is 2.15. The molecule has 0 bridgehead atoms. The van der Waals surface area contributed by atoms with Crippen molar-refractivity contribution < 1.29 is 0 Å². The van der Waals surface area contributed by atoms with E-state index in [4.69, 9.17) is 0 Å². The fourth-order valence-electron chi connectivity index (χ4n) is 2.15. The lowest BCUT2D eigenvalue weighted by Gasteiger charge is -2.23. The van der Waals surface area contributed by atoms with E-state index in [-0.39, 0.29) is 0 Å². The van der Waals surface area contributed by atoms with Crippen molar-refractivity contribution in [2.75, 3.05) is 0 Å². The summed E-state index contributed by atoms with van der Waals surface area (Å²) in [5.74, 6) is 0. The third-order valence-electron chi connectivity index (χ3n) is 3.46. The van der Waals surface area contributed by atoms with Gasteiger partial charge in [-0.05, 0) is 57.8 Å². The van der Waals surface area contributed by atoms with Gasteiger partial charge in [0.2, 0.25) is 0 Å². The molecule has 0 spiro atoms. The van der Waals surface area contributed by atoms with Crippen LogP contribution in [-0.4, -0.2) is 0 Å². The number of hydrogen-bond acceptors (Lipinski definition) is 0. The van der Waals surface area contributed by atoms with Crippen molar-refractivity contribution >= 4 is 0 Å². The van der Waals surface area contributed by atoms with Crippen molar-refractivity contribution in [1.29, 1.82) is 0 Å². The first kappa shape index (κ1) is 12.5. The van der Waals surface area contributed by atoms with Gasteiger partial charge in [0.25, 0.3) is 0 Å². The largest absolute Gasteiger partial charge is 0.0853 e. The first-order chi connectivity index (χ1) is 6.99. The number of hydrogen-bond donors (Lipinski definition) is 0. The minimum absolute atomic E-state index is 0.492. The van der Waals surface area contributed by atoms with E-state index in [1.54, 1.807) is 11.1 Å². The van der Waals surface area contributed by atoms with Gasteiger partial charge in [-0.15, -0.1) is 0 Å². The van der Waals surface area contributed by atoms with Gasteiger partial charge in [0.15, 0.2) is 0 Å². The molecule has 0 unspecified atom stereocenters. The number of rotatable bonds is 0. The second-order valence-electron chi connectivity index (χ2n) is 5.86. The van der Waals surface area contributed by atoms with Gasteiger partial charge in [0.1, 0.15) is 0 Å². The summed E-state index contributed by atoms with van der Waals surface area (Å²) in [7, 11) is 0. The smallest absolute Gasteiger partial charge is 0.0288 e. The summed E-state index contributed by atoms with van der Waals surface area (Å²) < 4.78 is 0. The molecule has 0 N–H and O–H groups in total. The Hall–Kier alpha value is -0.520. The lowest BCUT2D eigenvalue weighted by molar-refractivity contribution is 0.329. The van der Waals surface area contributed by atoms with Crippen molar-refractivity contribution in [1.82, 2.24) is 0 Å². The van der Waals surface area contributed by atoms with Crippen LogP contribution in [0.4, 0.5) is 0 Å². The summed E-state index contributed by atoms with van der Waals surface area (Å²) in [6.07, 6.45) is 12.6. The molecule has 0 aliphatic heterocycles. The normalized spacial score (nSPS) is 23.7. The third-order valence-corrected chi connectivity index (χ3v) is 3.46. The van der Waals surface area contributed by atoms with Crippen LogP contribution < -0.4 is 0 Å². The summed E-state index contributed by atoms with van der Waals surface area (Å²) in [4.78, 5) is 0. The van der Waals surface area contributed by atoms with E-state index in [1.807, 2.05) is 0 Å². The summed E-state index contributed by atoms with van der Waals surface area (Å²) in [5, 5.41) is 0. The minimum atomic E-state index is 0.492. The van der Waals surface area contributed by atoms with Crippen molar-refractivity contribution in [2.24, 2.45) is 5.41 Å². The lowest BCUT2D eigenvalue weighted by atomic mass is 9.83. The van der Waals surface area contributed by atoms with E-state index in [2.05, 4.69) is 39.8 Å². The average molecular weight is 206 g/mol. The highest BCUT2D eigenvalue weighted by Crippen LogP contribution is 2.30. The van der Waals surface area contributed by atoms with Gasteiger partial charge in [-0.25, -0.2) is 0 Å². The molecule has 15 heavy (non-hydrogen) atoms. The quantitative estimate of drug-likeness (QED) is 0.474. The lowest BCUT2D eigenvalue weighted by Crippen LogP contribution is -2.09. The first-order valence-corrected chi connectivity index (χ1v) is 6.31. The monoisotopic (exact) mass is 206 g/mol. The highest BCUT2D eigenvalue weighted by atomic mass is 14.2. The Morgan fingerprint density at radius 1 is 1.00 bits per heavy atom. The van der Waals surface area contributed by atoms with Crippen LogP contribution in [0.2, 0.25) is 0 Å². The molecule has 0 aromatic heterocycles. The van der Waals surface area contributed by atoms with Crippen molar-refractivity contribution in [3.8, 4) is 0 Å². The zero-order chi connectivity index (χ0) is 11.3. The van der Waals surface area contributed by atoms with Crippen LogP contribution in [0.5, 0.6) is 0 Å². The van der Waals surface area contributed by atoms with E-state index in [0.717, 1.165) is 0 Å². The predicted molar refractivity (Wildman–Crippen MR) is 69.0 cm³/mol. The summed E-state index contributed by atoms with van der Waals surface area (Å²) in [6, 6.07) is 0. The van der Waals surface area contributed by atoms with E-state index in [0.29, 0.717) is 5.41 Å². The highest BCUT2D eigenvalue weighted by Gasteiger charge is 2.16. The summed E-state index contributed by atoms with van der Waals surface area (Å²) in [6.45, 7) is 9.35. The van der Waals surface area contributed by atoms with Crippen LogP contribution in [0.1, 0.15) is 66.2 Å². The molecule has 1 aliphatic carbocycles. The molecule has 1 aliphatic rings. The van der Waals surface area contributed by atoms with Gasteiger partial charge >= 0.3 is 0 Å². The maximum Gasteiger partial charge on any atom is -0.0288 e. The third kappa shape index (κ3) is 5.20. The van der Waals surface area contributed by atoms with Gasteiger partial charge in [-0.1, -0.05) is 37.1 Å². The van der Waals surface area contributed by atoms with Crippen molar-refractivity contribution in [2.45, 2.75) is 66.2 Å². The Kier molecular flexibility index (Phi) is 4.63. The Labute approximate surface area is 95.5 Å². The molecular formula is C15H26. The predicted octanol–water partition coefficient (Wildman–Crippen LogP) is 5.26. The molecule has 1 rings (SSSR count). The maximum absolute atomic E-state index is 2.45. The molecule has 0 saturated heterocycles. The van der Waals surface area contributed by atoms with Gasteiger partial charge in [-0.3, -0.25) is 0 Å². The molecule has 0 radical (unpaired) electrons. The second-order valence-corrected chi connectivity index (χ2v) is 5.86. The van der Waals surface area contributed by atoms with E-state index in [9.17, 15) is 0 Å². The molecule has 0 aromatic rings. The molecule has 0 heterocycles. The van der Waals surface area contributed by atoms with Crippen LogP contribution in [0.25, 0.3) is 0 Å². The molecule has 0 nitrogen and oxygen atoms in total. The van der Waals surface area contributed by atoms with Crippen LogP contribution in [-0.2, 0) is 0 Å². The zero-order valence-corrected chi connectivity index (χ0v) is 10.9. The van der Waals surface area contributed by atoms with E-state index >= 15 is 0 Å². The van der Waals surface area contributed by atoms with Crippen LogP contribution >= 0.6 is 0 Å². The van der Waals surface area contributed by atoms with Crippen molar-refractivity contribution in [3.63, 3.8) is 0 Å². The molecule has 0 amide bonds. The molecular weight excluding hydrogens is 180 g/mol. The standard InChI is InChI=1S/C15H26/c1-13-7-5-8-14(2)10-12-15(3,4)11-6-9-13/h7,10H,5-6,8-9,11-12H2,1-4H3. The molecule has 86 valence electrons. The minimum Gasteiger partial charge on any atom is -0.0853 e. The maximum atomic E-state index is 2.45. The Morgan fingerprint density at radius 3 is 2.40 bits per heavy atom.